The third kappa shape index (κ3) is 8.05. The molecular weight excluding hydrogens is 122 g/mol. The van der Waals surface area contributed by atoms with Crippen molar-refractivity contribution in [1.29, 1.82) is 0 Å². The van der Waals surface area contributed by atoms with Gasteiger partial charge in [-0.1, -0.05) is 0 Å². The summed E-state index contributed by atoms with van der Waals surface area (Å²) in [6.07, 6.45) is 0. The molecule has 0 fully saturated rings. The first-order valence-corrected chi connectivity index (χ1v) is 2.92. The van der Waals surface area contributed by atoms with Gasteiger partial charge < -0.3 is 8.79 Å². The Morgan fingerprint density at radius 1 is 0.800 bits per heavy atom. The quantitative estimate of drug-likeness (QED) is 0.390. The van der Waals surface area contributed by atoms with Crippen LogP contribution in [0.15, 0.2) is 0 Å². The summed E-state index contributed by atoms with van der Waals surface area (Å²) in [6.45, 7) is 2.83. The zero-order valence-corrected chi connectivity index (χ0v) is 6.31. The van der Waals surface area contributed by atoms with Gasteiger partial charge in [-0.05, 0) is 0 Å². The van der Waals surface area contributed by atoms with E-state index in [1.54, 1.807) is 0 Å². The molecule has 0 N–H and O–H groups in total. The van der Waals surface area contributed by atoms with Crippen molar-refractivity contribution in [3.05, 3.63) is 0 Å². The molecule has 0 unspecified atom stereocenters. The molecule has 4 heteroatoms. The van der Waals surface area contributed by atoms with Crippen LogP contribution < -0.4 is 0 Å². The van der Waals surface area contributed by atoms with Gasteiger partial charge in [-0.3, -0.25) is 0 Å². The normalized spacial score (nSPS) is 13.8. The summed E-state index contributed by atoms with van der Waals surface area (Å²) in [6, 6.07) is 0. The van der Waals surface area contributed by atoms with Gasteiger partial charge in [0.1, 0.15) is 0 Å². The lowest BCUT2D eigenvalue weighted by Gasteiger charge is -2.40. The van der Waals surface area contributed by atoms with Crippen LogP contribution in [0.4, 0.5) is 0 Å². The number of quaternary nitrogens is 2. The fourth-order valence-electron chi connectivity index (χ4n) is 0.400. The van der Waals surface area contributed by atoms with Gasteiger partial charge in [-0.15, -0.1) is 0 Å². The molecule has 0 aromatic carbocycles. The van der Waals surface area contributed by atoms with Crippen LogP contribution in [0.3, 0.4) is 0 Å². The van der Waals surface area contributed by atoms with E-state index in [9.17, 15) is 0 Å². The van der Waals surface area contributed by atoms with E-state index >= 15 is 0 Å². The van der Waals surface area contributed by atoms with Crippen LogP contribution in [0.5, 0.6) is 0 Å². The Balaban J connectivity index is 3.56. The van der Waals surface area contributed by atoms with E-state index in [-0.39, 0.29) is 0 Å². The maximum atomic E-state index is 2.37. The second kappa shape index (κ2) is 2.97. The summed E-state index contributed by atoms with van der Waals surface area (Å²) in [7, 11) is 10.5. The summed E-state index contributed by atoms with van der Waals surface area (Å²) in [5.74, 6) is 0. The molecule has 0 radical (unpaired) electrons. The number of rotatable bonds is 3. The predicted octanol–water partition coefficient (Wildman–Crippen LogP) is -2.30. The van der Waals surface area contributed by atoms with Crippen molar-refractivity contribution >= 4 is 16.0 Å². The first-order valence-electron chi connectivity index (χ1n) is 2.92. The number of likely N-dealkylation sites (N-methyl/N-ethyl adjacent to an activating group) is 2. The molecule has 0 aliphatic carbocycles. The minimum Gasteiger partial charge on any atom is -0.523 e. The Kier molecular flexibility index (Phi) is 2.99. The average Bonchev–Trinajstić information content (AvgIpc) is 1.57. The zero-order valence-electron chi connectivity index (χ0n) is 6.31. The van der Waals surface area contributed by atoms with E-state index < -0.39 is 0 Å². The summed E-state index contributed by atoms with van der Waals surface area (Å²) in [4.78, 5) is 0. The molecule has 2 nitrogen and oxygen atoms in total. The van der Waals surface area contributed by atoms with Crippen LogP contribution >= 0.6 is 0 Å². The van der Waals surface area contributed by atoms with Crippen LogP contribution in [-0.4, -0.2) is 66.0 Å². The summed E-state index contributed by atoms with van der Waals surface area (Å²) in [5, 5.41) is 0. The molecule has 0 aliphatic heterocycles. The van der Waals surface area contributed by atoms with E-state index in [0.29, 0.717) is 16.0 Å². The van der Waals surface area contributed by atoms with Crippen LogP contribution in [0.2, 0.25) is 0 Å². The molecule has 0 aromatic rings. The lowest BCUT2D eigenvalue weighted by atomic mass is 10.2. The molecule has 0 saturated carbocycles. The van der Waals surface area contributed by atoms with Crippen molar-refractivity contribution < 1.29 is 8.79 Å². The molecule has 0 rings (SSSR count). The Bertz CT molecular complexity index is 87.3. The molecule has 0 atom stereocenters. The molecule has 0 bridgehead atoms. The van der Waals surface area contributed by atoms with E-state index in [4.69, 9.17) is 0 Å². The van der Waals surface area contributed by atoms with Crippen LogP contribution in [0, 0.1) is 0 Å². The Morgan fingerprint density at radius 2 is 1.00 bits per heavy atom. The van der Waals surface area contributed by atoms with Gasteiger partial charge in [0.2, 0.25) is 0 Å². The van der Waals surface area contributed by atoms with Gasteiger partial charge in [0.05, 0.1) is 13.1 Å². The monoisotopic (exact) mass is 144 g/mol. The highest BCUT2D eigenvalue weighted by Crippen LogP contribution is 1.93. The molecule has 0 aliphatic rings. The molecule has 10 heavy (non-hydrogen) atoms. The SMILES string of the molecule is [BH3-][N+](C)(C)CC[N+]([BH3-])(C)C. The van der Waals surface area contributed by atoms with Crippen molar-refractivity contribution in [2.75, 3.05) is 41.3 Å². The standard InChI is InChI=1S/C6H22B2N2/c1-9(2,7)5-6-10(3,4)8/h5-6H2,1-4,7-8H3. The largest absolute Gasteiger partial charge is 0.523 e. The molecule has 0 heterocycles. The van der Waals surface area contributed by atoms with Crippen molar-refractivity contribution in [3.8, 4) is 0 Å². The molecule has 62 valence electrons. The molecule has 0 aromatic heterocycles. The van der Waals surface area contributed by atoms with E-state index in [0.717, 1.165) is 0 Å². The molecule has 0 spiro atoms. The van der Waals surface area contributed by atoms with Crippen LogP contribution in [0.25, 0.3) is 0 Å². The van der Waals surface area contributed by atoms with E-state index in [1.165, 1.54) is 21.9 Å². The first-order chi connectivity index (χ1) is 4.21. The highest BCUT2D eigenvalue weighted by atomic mass is 15.3. The van der Waals surface area contributed by atoms with E-state index in [2.05, 4.69) is 28.2 Å². The lowest BCUT2D eigenvalue weighted by molar-refractivity contribution is -0.834. The zero-order chi connectivity index (χ0) is 8.41. The highest BCUT2D eigenvalue weighted by Gasteiger charge is 2.05. The Morgan fingerprint density at radius 3 is 1.10 bits per heavy atom. The lowest BCUT2D eigenvalue weighted by Crippen LogP contribution is -2.48. The maximum absolute atomic E-state index is 2.37. The van der Waals surface area contributed by atoms with Crippen molar-refractivity contribution in [1.82, 2.24) is 0 Å². The van der Waals surface area contributed by atoms with Crippen molar-refractivity contribution in [2.24, 2.45) is 0 Å². The van der Waals surface area contributed by atoms with E-state index in [1.807, 2.05) is 0 Å². The number of hydrogen-bond donors (Lipinski definition) is 0. The average molecular weight is 144 g/mol. The second-order valence-corrected chi connectivity index (χ2v) is 2.61. The number of hydrogen-bond acceptors (Lipinski definition) is 0. The predicted molar refractivity (Wildman–Crippen MR) is 53.8 cm³/mol. The molecule has 0 amide bonds. The third-order valence-electron chi connectivity index (χ3n) is 0.994. The third-order valence-corrected chi connectivity index (χ3v) is 0.994. The van der Waals surface area contributed by atoms with Gasteiger partial charge >= 0.3 is 0 Å². The summed E-state index contributed by atoms with van der Waals surface area (Å²) in [5.41, 5.74) is 0. The van der Waals surface area contributed by atoms with Crippen LogP contribution in [-0.2, 0) is 0 Å². The van der Waals surface area contributed by atoms with Gasteiger partial charge in [0.15, 0.2) is 16.0 Å². The van der Waals surface area contributed by atoms with Gasteiger partial charge in [-0.2, -0.15) is 0 Å². The van der Waals surface area contributed by atoms with Gasteiger partial charge in [0, 0.05) is 28.2 Å². The summed E-state index contributed by atoms with van der Waals surface area (Å²) >= 11 is 0. The van der Waals surface area contributed by atoms with Crippen molar-refractivity contribution in [2.45, 2.75) is 0 Å². The Labute approximate surface area is 66.9 Å². The fourth-order valence-corrected chi connectivity index (χ4v) is 0.400. The Hall–Kier alpha value is 0.0499. The highest BCUT2D eigenvalue weighted by molar-refractivity contribution is 5.97. The molecule has 0 saturated heterocycles. The first kappa shape index (κ1) is 10.0. The van der Waals surface area contributed by atoms with Crippen LogP contribution in [0.1, 0.15) is 0 Å². The number of nitrogens with zero attached hydrogens (tertiary/aromatic N) is 2. The minimum atomic E-state index is 0.490. The summed E-state index contributed by atoms with van der Waals surface area (Å²) < 4.78 is 2.71. The van der Waals surface area contributed by atoms with Crippen molar-refractivity contribution in [3.63, 3.8) is 0 Å². The second-order valence-electron chi connectivity index (χ2n) is 2.61. The van der Waals surface area contributed by atoms with Gasteiger partial charge in [0.25, 0.3) is 0 Å². The van der Waals surface area contributed by atoms with Gasteiger partial charge in [-0.25, -0.2) is 0 Å². The fraction of sp³-hybridized carbons (Fsp3) is 1.00. The smallest absolute Gasteiger partial charge is 0.168 e. The maximum Gasteiger partial charge on any atom is 0.168 e. The minimum absolute atomic E-state index is 0.490. The molecular formula is C6H22B2N2. The topological polar surface area (TPSA) is 0 Å².